The van der Waals surface area contributed by atoms with Gasteiger partial charge in [0.1, 0.15) is 5.75 Å². The predicted octanol–water partition coefficient (Wildman–Crippen LogP) is 5.41. The summed E-state index contributed by atoms with van der Waals surface area (Å²) in [5.41, 5.74) is 11.5. The van der Waals surface area contributed by atoms with Crippen LogP contribution in [-0.2, 0) is 37.8 Å². The van der Waals surface area contributed by atoms with Gasteiger partial charge in [-0.2, -0.15) is 0 Å². The van der Waals surface area contributed by atoms with Gasteiger partial charge in [0.05, 0.1) is 18.7 Å². The van der Waals surface area contributed by atoms with Crippen molar-refractivity contribution in [3.8, 4) is 5.75 Å². The largest absolute Gasteiger partial charge is 0.493 e. The van der Waals surface area contributed by atoms with Crippen LogP contribution < -0.4 is 10.5 Å². The van der Waals surface area contributed by atoms with Gasteiger partial charge >= 0.3 is 7.60 Å². The number of aryl methyl sites for hydroxylation is 1. The van der Waals surface area contributed by atoms with Crippen LogP contribution in [0.25, 0.3) is 10.9 Å². The lowest BCUT2D eigenvalue weighted by molar-refractivity contribution is -0.119. The van der Waals surface area contributed by atoms with Gasteiger partial charge in [-0.1, -0.05) is 37.3 Å². The van der Waals surface area contributed by atoms with Gasteiger partial charge in [-0.25, -0.2) is 0 Å². The van der Waals surface area contributed by atoms with E-state index in [2.05, 4.69) is 47.9 Å². The summed E-state index contributed by atoms with van der Waals surface area (Å²) in [6.45, 7) is 3.24. The maximum absolute atomic E-state index is 12.4. The number of amides is 1. The Morgan fingerprint density at radius 3 is 2.57 bits per heavy atom. The minimum atomic E-state index is -3.06. The van der Waals surface area contributed by atoms with Crippen molar-refractivity contribution in [1.82, 2.24) is 4.57 Å². The Labute approximate surface area is 207 Å². The lowest BCUT2D eigenvalue weighted by atomic mass is 9.84. The Bertz CT molecular complexity index is 1230. The summed E-state index contributed by atoms with van der Waals surface area (Å²) in [5, 5.41) is 1.03. The number of nitrogens with two attached hydrogens (primary N) is 1. The molecule has 8 heteroatoms. The number of rotatable bonds is 11. The van der Waals surface area contributed by atoms with Crippen LogP contribution in [-0.4, -0.2) is 37.5 Å². The molecule has 1 unspecified atom stereocenters. The van der Waals surface area contributed by atoms with E-state index in [0.717, 1.165) is 60.0 Å². The van der Waals surface area contributed by atoms with E-state index in [1.165, 1.54) is 25.5 Å². The van der Waals surface area contributed by atoms with Gasteiger partial charge < -0.3 is 24.1 Å². The SMILES string of the molecule is CCc1cc2c(cc1OCCCP(=O)(OC)OC)c1c(n2Cc2ccccc2)CCCC1C(N)=O. The summed E-state index contributed by atoms with van der Waals surface area (Å²) >= 11 is 0. The van der Waals surface area contributed by atoms with E-state index in [0.29, 0.717) is 13.0 Å². The minimum Gasteiger partial charge on any atom is -0.493 e. The number of primary amides is 1. The van der Waals surface area contributed by atoms with Crippen LogP contribution in [0.4, 0.5) is 0 Å². The molecule has 1 atom stereocenters. The molecule has 1 aliphatic rings. The fraction of sp³-hybridized carbons (Fsp3) is 0.444. The Morgan fingerprint density at radius 2 is 1.91 bits per heavy atom. The van der Waals surface area contributed by atoms with E-state index < -0.39 is 7.60 Å². The second-order valence-electron chi connectivity index (χ2n) is 9.01. The van der Waals surface area contributed by atoms with Gasteiger partial charge in [0, 0.05) is 37.4 Å². The number of hydrogen-bond acceptors (Lipinski definition) is 5. The summed E-state index contributed by atoms with van der Waals surface area (Å²) in [5.74, 6) is 0.215. The normalized spacial score (nSPS) is 15.8. The fourth-order valence-electron chi connectivity index (χ4n) is 5.11. The Hall–Kier alpha value is -2.60. The number of aromatic nitrogens is 1. The molecule has 35 heavy (non-hydrogen) atoms. The first-order chi connectivity index (χ1) is 16.9. The number of carbonyl (C=O) groups excluding carboxylic acids is 1. The highest BCUT2D eigenvalue weighted by molar-refractivity contribution is 7.53. The van der Waals surface area contributed by atoms with E-state index >= 15 is 0 Å². The van der Waals surface area contributed by atoms with Crippen molar-refractivity contribution in [2.75, 3.05) is 27.0 Å². The molecule has 0 radical (unpaired) electrons. The molecule has 0 aliphatic heterocycles. The molecular weight excluding hydrogens is 463 g/mol. The van der Waals surface area contributed by atoms with Crippen LogP contribution in [0.2, 0.25) is 0 Å². The van der Waals surface area contributed by atoms with Crippen LogP contribution >= 0.6 is 7.60 Å². The van der Waals surface area contributed by atoms with E-state index in [1.807, 2.05) is 6.07 Å². The molecule has 1 aliphatic carbocycles. The summed E-state index contributed by atoms with van der Waals surface area (Å²) in [4.78, 5) is 12.4. The first kappa shape index (κ1) is 25.5. The molecule has 0 spiro atoms. The van der Waals surface area contributed by atoms with Crippen LogP contribution in [0.15, 0.2) is 42.5 Å². The minimum absolute atomic E-state index is 0.276. The number of carbonyl (C=O) groups is 1. The highest BCUT2D eigenvalue weighted by Crippen LogP contribution is 2.47. The van der Waals surface area contributed by atoms with Crippen molar-refractivity contribution < 1.29 is 23.1 Å². The average Bonchev–Trinajstić information content (AvgIpc) is 3.18. The third-order valence-electron chi connectivity index (χ3n) is 6.95. The smallest absolute Gasteiger partial charge is 0.330 e. The summed E-state index contributed by atoms with van der Waals surface area (Å²) < 4.78 is 30.9. The molecule has 4 rings (SSSR count). The molecule has 1 aromatic heterocycles. The molecule has 0 saturated heterocycles. The van der Waals surface area contributed by atoms with Gasteiger partial charge in [-0.3, -0.25) is 9.36 Å². The van der Waals surface area contributed by atoms with E-state index in [4.69, 9.17) is 19.5 Å². The third kappa shape index (κ3) is 5.32. The molecule has 0 bridgehead atoms. The number of ether oxygens (including phenoxy) is 1. The van der Waals surface area contributed by atoms with Crippen molar-refractivity contribution in [3.05, 3.63) is 64.8 Å². The molecule has 0 fully saturated rings. The first-order valence-corrected chi connectivity index (χ1v) is 14.0. The second-order valence-corrected chi connectivity index (χ2v) is 11.4. The van der Waals surface area contributed by atoms with Crippen molar-refractivity contribution >= 4 is 24.4 Å². The first-order valence-electron chi connectivity index (χ1n) is 12.2. The molecule has 2 aromatic carbocycles. The molecule has 188 valence electrons. The van der Waals surface area contributed by atoms with Crippen molar-refractivity contribution in [2.24, 2.45) is 5.73 Å². The molecule has 1 amide bonds. The summed E-state index contributed by atoms with van der Waals surface area (Å²) in [6, 6.07) is 14.6. The molecule has 0 saturated carbocycles. The number of nitrogens with zero attached hydrogens (tertiary/aromatic N) is 1. The van der Waals surface area contributed by atoms with Crippen LogP contribution in [0.5, 0.6) is 5.75 Å². The lowest BCUT2D eigenvalue weighted by Gasteiger charge is -2.22. The highest BCUT2D eigenvalue weighted by atomic mass is 31.2. The highest BCUT2D eigenvalue weighted by Gasteiger charge is 2.31. The Kier molecular flexibility index (Phi) is 8.00. The van der Waals surface area contributed by atoms with Crippen LogP contribution in [0, 0.1) is 0 Å². The van der Waals surface area contributed by atoms with E-state index in [1.54, 1.807) is 0 Å². The van der Waals surface area contributed by atoms with Gasteiger partial charge in [0.25, 0.3) is 0 Å². The van der Waals surface area contributed by atoms with Gasteiger partial charge in [0.2, 0.25) is 5.91 Å². The zero-order chi connectivity index (χ0) is 25.0. The second kappa shape index (κ2) is 11.0. The summed E-state index contributed by atoms with van der Waals surface area (Å²) in [7, 11) is -0.269. The molecule has 1 heterocycles. The fourth-order valence-corrected chi connectivity index (χ4v) is 6.14. The standard InChI is InChI=1S/C27H35N2O5P/c1-4-20-16-24-22(17-25(20)34-14-9-15-35(31,32-2)33-3)26-21(27(28)30)12-8-13-23(26)29(24)18-19-10-6-5-7-11-19/h5-7,10-11,16-17,21H,4,8-9,12-15,18H2,1-3H3,(H2,28,30). The lowest BCUT2D eigenvalue weighted by Crippen LogP contribution is -2.25. The predicted molar refractivity (Wildman–Crippen MR) is 138 cm³/mol. The Morgan fingerprint density at radius 1 is 1.17 bits per heavy atom. The number of benzene rings is 2. The van der Waals surface area contributed by atoms with Gasteiger partial charge in [-0.15, -0.1) is 0 Å². The number of fused-ring (bicyclic) bond motifs is 3. The topological polar surface area (TPSA) is 92.8 Å². The molecule has 2 N–H and O–H groups in total. The zero-order valence-corrected chi connectivity index (χ0v) is 21.7. The molecular formula is C27H35N2O5P. The van der Waals surface area contributed by atoms with Gasteiger partial charge in [-0.05, 0) is 60.9 Å². The van der Waals surface area contributed by atoms with Crippen molar-refractivity contribution in [3.63, 3.8) is 0 Å². The quantitative estimate of drug-likeness (QED) is 0.282. The maximum atomic E-state index is 12.4. The molecule has 3 aromatic rings. The average molecular weight is 499 g/mol. The Balaban J connectivity index is 1.73. The van der Waals surface area contributed by atoms with Crippen molar-refractivity contribution in [1.29, 1.82) is 0 Å². The summed E-state index contributed by atoms with van der Waals surface area (Å²) in [6.07, 6.45) is 4.26. The maximum Gasteiger partial charge on any atom is 0.330 e. The number of hydrogen-bond donors (Lipinski definition) is 1. The third-order valence-corrected chi connectivity index (χ3v) is 8.93. The van der Waals surface area contributed by atoms with Crippen LogP contribution in [0.1, 0.15) is 54.5 Å². The molecule has 7 nitrogen and oxygen atoms in total. The van der Waals surface area contributed by atoms with E-state index in [9.17, 15) is 9.36 Å². The zero-order valence-electron chi connectivity index (χ0n) is 20.8. The van der Waals surface area contributed by atoms with Crippen molar-refractivity contribution in [2.45, 2.75) is 51.5 Å². The monoisotopic (exact) mass is 498 g/mol. The van der Waals surface area contributed by atoms with Gasteiger partial charge in [0.15, 0.2) is 0 Å². The van der Waals surface area contributed by atoms with E-state index in [-0.39, 0.29) is 18.0 Å². The van der Waals surface area contributed by atoms with Crippen LogP contribution in [0.3, 0.4) is 0 Å².